The maximum Gasteiger partial charge on any atom is 0.261 e. The van der Waals surface area contributed by atoms with Gasteiger partial charge in [0.05, 0.1) is 17.2 Å². The van der Waals surface area contributed by atoms with Gasteiger partial charge >= 0.3 is 0 Å². The van der Waals surface area contributed by atoms with Gasteiger partial charge in [-0.15, -0.1) is 10.2 Å². The Morgan fingerprint density at radius 2 is 1.79 bits per heavy atom. The van der Waals surface area contributed by atoms with Crippen LogP contribution in [0.5, 0.6) is 0 Å². The van der Waals surface area contributed by atoms with Crippen LogP contribution in [0.25, 0.3) is 10.9 Å². The Labute approximate surface area is 195 Å². The van der Waals surface area contributed by atoms with Gasteiger partial charge in [0.15, 0.2) is 11.6 Å². The van der Waals surface area contributed by atoms with Crippen molar-refractivity contribution >= 4 is 34.3 Å². The lowest BCUT2D eigenvalue weighted by Crippen LogP contribution is -2.50. The molecule has 34 heavy (non-hydrogen) atoms. The average molecular weight is 457 g/mol. The molecule has 0 aliphatic carbocycles. The lowest BCUT2D eigenvalue weighted by molar-refractivity contribution is -0.132. The number of nitrogens with one attached hydrogen (secondary N) is 1. The number of carbonyl (C=O) groups excluding carboxylic acids is 1. The fourth-order valence-corrected chi connectivity index (χ4v) is 3.95. The highest BCUT2D eigenvalue weighted by Crippen LogP contribution is 2.17. The van der Waals surface area contributed by atoms with Crippen molar-refractivity contribution in [1.82, 2.24) is 29.6 Å². The van der Waals surface area contributed by atoms with Crippen LogP contribution in [0, 0.1) is 6.92 Å². The molecular formula is C24H24N8O2. The summed E-state index contributed by atoms with van der Waals surface area (Å²) in [5, 5.41) is 12.2. The van der Waals surface area contributed by atoms with Crippen LogP contribution in [0.1, 0.15) is 5.56 Å². The minimum Gasteiger partial charge on any atom is -0.352 e. The van der Waals surface area contributed by atoms with Gasteiger partial charge in [-0.25, -0.2) is 9.97 Å². The molecule has 1 aliphatic heterocycles. The number of aryl methyl sites for hydroxylation is 1. The molecule has 172 valence electrons. The zero-order chi connectivity index (χ0) is 23.5. The predicted molar refractivity (Wildman–Crippen MR) is 129 cm³/mol. The van der Waals surface area contributed by atoms with Crippen molar-refractivity contribution in [2.24, 2.45) is 0 Å². The van der Waals surface area contributed by atoms with Crippen molar-refractivity contribution in [3.05, 3.63) is 77.0 Å². The fraction of sp³-hybridized carbons (Fsp3) is 0.250. The second-order valence-electron chi connectivity index (χ2n) is 8.18. The summed E-state index contributed by atoms with van der Waals surface area (Å²) in [6, 6.07) is 14.8. The summed E-state index contributed by atoms with van der Waals surface area (Å²) < 4.78 is 1.37. The molecule has 1 aliphatic rings. The average Bonchev–Trinajstić information content (AvgIpc) is 2.86. The number of amides is 1. The number of aromatic nitrogens is 5. The molecule has 0 bridgehead atoms. The lowest BCUT2D eigenvalue weighted by Gasteiger charge is -2.35. The summed E-state index contributed by atoms with van der Waals surface area (Å²) in [5.41, 5.74) is 1.53. The number of hydrogen-bond donors (Lipinski definition) is 1. The van der Waals surface area contributed by atoms with E-state index in [1.807, 2.05) is 37.3 Å². The summed E-state index contributed by atoms with van der Waals surface area (Å²) in [6.07, 6.45) is 3.18. The first-order valence-corrected chi connectivity index (χ1v) is 11.1. The standard InChI is InChI=1S/C24H24N8O2/c1-17-8-9-25-21(14-17)27-20-6-7-22(29-28-20)30-10-12-31(13-11-30)23(33)15-32-16-26-19-5-3-2-4-18(19)24(32)34/h2-9,14,16H,10-13,15H2,1H3,(H,25,27,28). The molecule has 1 N–H and O–H groups in total. The van der Waals surface area contributed by atoms with E-state index < -0.39 is 0 Å². The first kappa shape index (κ1) is 21.5. The zero-order valence-electron chi connectivity index (χ0n) is 18.8. The molecule has 10 nitrogen and oxygen atoms in total. The number of carbonyl (C=O) groups is 1. The Hall–Kier alpha value is -4.34. The van der Waals surface area contributed by atoms with Crippen LogP contribution in [0.4, 0.5) is 17.5 Å². The van der Waals surface area contributed by atoms with E-state index in [0.29, 0.717) is 42.9 Å². The number of rotatable bonds is 5. The van der Waals surface area contributed by atoms with E-state index >= 15 is 0 Å². The van der Waals surface area contributed by atoms with Gasteiger partial charge in [-0.05, 0) is 48.9 Å². The summed E-state index contributed by atoms with van der Waals surface area (Å²) in [7, 11) is 0. The Balaban J connectivity index is 1.18. The minimum absolute atomic E-state index is 0.0240. The van der Waals surface area contributed by atoms with Crippen LogP contribution in [0.2, 0.25) is 0 Å². The van der Waals surface area contributed by atoms with E-state index in [2.05, 4.69) is 30.4 Å². The van der Waals surface area contributed by atoms with Gasteiger partial charge in [-0.2, -0.15) is 0 Å². The van der Waals surface area contributed by atoms with Gasteiger partial charge < -0.3 is 15.1 Å². The summed E-state index contributed by atoms with van der Waals surface area (Å²) in [5.74, 6) is 1.99. The summed E-state index contributed by atoms with van der Waals surface area (Å²) in [6.45, 7) is 4.34. The topological polar surface area (TPSA) is 109 Å². The van der Waals surface area contributed by atoms with E-state index in [0.717, 1.165) is 17.2 Å². The van der Waals surface area contributed by atoms with Gasteiger partial charge in [-0.1, -0.05) is 12.1 Å². The Morgan fingerprint density at radius 3 is 2.56 bits per heavy atom. The molecule has 5 rings (SSSR count). The van der Waals surface area contributed by atoms with Crippen LogP contribution in [-0.2, 0) is 11.3 Å². The van der Waals surface area contributed by atoms with Gasteiger partial charge in [0.2, 0.25) is 5.91 Å². The second-order valence-corrected chi connectivity index (χ2v) is 8.18. The van der Waals surface area contributed by atoms with Crippen LogP contribution in [-0.4, -0.2) is 61.7 Å². The number of fused-ring (bicyclic) bond motifs is 1. The monoisotopic (exact) mass is 456 g/mol. The van der Waals surface area contributed by atoms with Crippen molar-refractivity contribution in [3.63, 3.8) is 0 Å². The third-order valence-corrected chi connectivity index (χ3v) is 5.82. The van der Waals surface area contributed by atoms with Crippen LogP contribution in [0.15, 0.2) is 65.8 Å². The molecular weight excluding hydrogens is 432 g/mol. The van der Waals surface area contributed by atoms with Gasteiger partial charge in [0, 0.05) is 32.4 Å². The molecule has 1 saturated heterocycles. The number of anilines is 3. The molecule has 0 spiro atoms. The smallest absolute Gasteiger partial charge is 0.261 e. The number of hydrogen-bond acceptors (Lipinski definition) is 8. The molecule has 4 heterocycles. The van der Waals surface area contributed by atoms with Gasteiger partial charge in [-0.3, -0.25) is 14.2 Å². The highest BCUT2D eigenvalue weighted by molar-refractivity contribution is 5.79. The van der Waals surface area contributed by atoms with E-state index in [-0.39, 0.29) is 18.0 Å². The van der Waals surface area contributed by atoms with Crippen molar-refractivity contribution in [1.29, 1.82) is 0 Å². The van der Waals surface area contributed by atoms with Crippen molar-refractivity contribution < 1.29 is 4.79 Å². The molecule has 4 aromatic rings. The number of para-hydroxylation sites is 1. The number of pyridine rings is 1. The van der Waals surface area contributed by atoms with Crippen molar-refractivity contribution in [2.75, 3.05) is 36.4 Å². The molecule has 0 unspecified atom stereocenters. The van der Waals surface area contributed by atoms with Crippen LogP contribution < -0.4 is 15.8 Å². The van der Waals surface area contributed by atoms with Crippen LogP contribution >= 0.6 is 0 Å². The van der Waals surface area contributed by atoms with Gasteiger partial charge in [0.25, 0.3) is 5.56 Å². The fourth-order valence-electron chi connectivity index (χ4n) is 3.95. The molecule has 1 fully saturated rings. The molecule has 0 radical (unpaired) electrons. The predicted octanol–water partition coefficient (Wildman–Crippen LogP) is 1.98. The van der Waals surface area contributed by atoms with Crippen LogP contribution in [0.3, 0.4) is 0 Å². The van der Waals surface area contributed by atoms with E-state index in [9.17, 15) is 9.59 Å². The molecule has 10 heteroatoms. The first-order valence-electron chi connectivity index (χ1n) is 11.1. The Kier molecular flexibility index (Phi) is 5.86. The third-order valence-electron chi connectivity index (χ3n) is 5.82. The second kappa shape index (κ2) is 9.26. The van der Waals surface area contributed by atoms with E-state index in [4.69, 9.17) is 0 Å². The minimum atomic E-state index is -0.206. The van der Waals surface area contributed by atoms with E-state index in [1.165, 1.54) is 10.9 Å². The maximum atomic E-state index is 12.8. The molecule has 0 saturated carbocycles. The number of benzene rings is 1. The third kappa shape index (κ3) is 4.56. The highest BCUT2D eigenvalue weighted by Gasteiger charge is 2.23. The van der Waals surface area contributed by atoms with Crippen molar-refractivity contribution in [2.45, 2.75) is 13.5 Å². The Bertz CT molecular complexity index is 1380. The maximum absolute atomic E-state index is 12.8. The Morgan fingerprint density at radius 1 is 0.971 bits per heavy atom. The largest absolute Gasteiger partial charge is 0.352 e. The number of nitrogens with zero attached hydrogens (tertiary/aromatic N) is 7. The normalized spacial score (nSPS) is 13.8. The molecule has 0 atom stereocenters. The van der Waals surface area contributed by atoms with E-state index in [1.54, 1.807) is 29.3 Å². The zero-order valence-corrected chi connectivity index (χ0v) is 18.8. The quantitative estimate of drug-likeness (QED) is 0.486. The molecule has 3 aromatic heterocycles. The summed E-state index contributed by atoms with van der Waals surface area (Å²) in [4.78, 5) is 37.9. The SMILES string of the molecule is Cc1ccnc(Nc2ccc(N3CCN(C(=O)Cn4cnc5ccccc5c4=O)CC3)nn2)c1. The summed E-state index contributed by atoms with van der Waals surface area (Å²) >= 11 is 0. The number of piperazine rings is 1. The molecule has 1 amide bonds. The molecule has 1 aromatic carbocycles. The van der Waals surface area contributed by atoms with Crippen molar-refractivity contribution in [3.8, 4) is 0 Å². The lowest BCUT2D eigenvalue weighted by atomic mass is 10.2. The first-order chi connectivity index (χ1) is 16.6. The van der Waals surface area contributed by atoms with Gasteiger partial charge in [0.1, 0.15) is 12.4 Å². The highest BCUT2D eigenvalue weighted by atomic mass is 16.2.